The number of aromatic nitrogens is 1. The second-order valence-corrected chi connectivity index (χ2v) is 10.6. The van der Waals surface area contributed by atoms with Crippen LogP contribution in [0.15, 0.2) is 54.7 Å². The largest absolute Gasteiger partial charge is 0.361 e. The number of para-hydroxylation sites is 1. The van der Waals surface area contributed by atoms with E-state index in [9.17, 15) is 9.59 Å². The minimum atomic E-state index is -0.617. The Kier molecular flexibility index (Phi) is 7.01. The summed E-state index contributed by atoms with van der Waals surface area (Å²) in [5.41, 5.74) is 5.21. The van der Waals surface area contributed by atoms with E-state index in [1.165, 1.54) is 17.5 Å². The van der Waals surface area contributed by atoms with E-state index in [0.717, 1.165) is 55.4 Å². The Morgan fingerprint density at radius 3 is 2.61 bits per heavy atom. The molecule has 3 N–H and O–H groups in total. The lowest BCUT2D eigenvalue weighted by molar-refractivity contribution is -0.134. The van der Waals surface area contributed by atoms with Crippen LogP contribution in [0, 0.1) is 0 Å². The number of amides is 3. The summed E-state index contributed by atoms with van der Waals surface area (Å²) in [6.45, 7) is 2.71. The third kappa shape index (κ3) is 4.98. The Bertz CT molecular complexity index is 1230. The van der Waals surface area contributed by atoms with E-state index >= 15 is 0 Å². The maximum Gasteiger partial charge on any atom is 0.315 e. The van der Waals surface area contributed by atoms with Crippen LogP contribution in [-0.4, -0.2) is 73.0 Å². The highest BCUT2D eigenvalue weighted by atomic mass is 16.2. The molecule has 3 aromatic rings. The van der Waals surface area contributed by atoms with Crippen molar-refractivity contribution in [3.63, 3.8) is 0 Å². The molecule has 1 spiro atoms. The molecule has 0 unspecified atom stereocenters. The highest BCUT2D eigenvalue weighted by Gasteiger charge is 2.42. The highest BCUT2D eigenvalue weighted by Crippen LogP contribution is 2.46. The Morgan fingerprint density at radius 2 is 1.81 bits per heavy atom. The molecule has 1 saturated heterocycles. The molecule has 2 aliphatic rings. The molecule has 2 aromatic carbocycles. The van der Waals surface area contributed by atoms with Crippen molar-refractivity contribution in [1.29, 1.82) is 0 Å². The predicted molar refractivity (Wildman–Crippen MR) is 143 cm³/mol. The highest BCUT2D eigenvalue weighted by molar-refractivity contribution is 5.89. The van der Waals surface area contributed by atoms with Gasteiger partial charge in [-0.2, -0.15) is 0 Å². The van der Waals surface area contributed by atoms with Crippen LogP contribution in [0.2, 0.25) is 0 Å². The standard InChI is InChI=1S/C29H37N5O2/c1-33(2)18-15-30-28(36)32-26(19-22-20-31-25-10-6-4-8-23(22)25)27(35)34-16-13-29(14-17-34)12-11-21-7-3-5-9-24(21)29/h3-10,20,26,31H,11-19H2,1-2H3,(H2,30,32,36)/t26-/m1/s1. The summed E-state index contributed by atoms with van der Waals surface area (Å²) >= 11 is 0. The van der Waals surface area contributed by atoms with E-state index in [4.69, 9.17) is 0 Å². The number of rotatable bonds is 7. The van der Waals surface area contributed by atoms with Crippen molar-refractivity contribution in [2.45, 2.75) is 43.6 Å². The first-order valence-corrected chi connectivity index (χ1v) is 13.1. The van der Waals surface area contributed by atoms with Crippen molar-refractivity contribution in [1.82, 2.24) is 25.4 Å². The number of nitrogens with one attached hydrogen (secondary N) is 3. The minimum Gasteiger partial charge on any atom is -0.361 e. The van der Waals surface area contributed by atoms with Gasteiger partial charge in [0.1, 0.15) is 6.04 Å². The molecule has 1 atom stereocenters. The molecule has 0 saturated carbocycles. The molecule has 1 aromatic heterocycles. The van der Waals surface area contributed by atoms with Gasteiger partial charge in [-0.1, -0.05) is 42.5 Å². The van der Waals surface area contributed by atoms with Crippen LogP contribution in [0.25, 0.3) is 10.9 Å². The lowest BCUT2D eigenvalue weighted by atomic mass is 9.74. The molecule has 190 valence electrons. The van der Waals surface area contributed by atoms with E-state index in [2.05, 4.69) is 45.9 Å². The van der Waals surface area contributed by atoms with Gasteiger partial charge in [-0.3, -0.25) is 4.79 Å². The third-order valence-electron chi connectivity index (χ3n) is 8.04. The van der Waals surface area contributed by atoms with E-state index in [1.54, 1.807) is 0 Å². The molecule has 7 nitrogen and oxygen atoms in total. The van der Waals surface area contributed by atoms with Gasteiger partial charge in [0.05, 0.1) is 0 Å². The Labute approximate surface area is 213 Å². The number of aromatic amines is 1. The van der Waals surface area contributed by atoms with Gasteiger partial charge in [0, 0.05) is 49.7 Å². The molecule has 3 amide bonds. The van der Waals surface area contributed by atoms with Gasteiger partial charge in [0.15, 0.2) is 0 Å². The summed E-state index contributed by atoms with van der Waals surface area (Å²) in [6, 6.07) is 16.0. The summed E-state index contributed by atoms with van der Waals surface area (Å²) in [6.07, 6.45) is 6.66. The average Bonchev–Trinajstić information content (AvgIpc) is 3.45. The number of nitrogens with zero attached hydrogens (tertiary/aromatic N) is 2. The number of likely N-dealkylation sites (N-methyl/N-ethyl adjacent to an activating group) is 1. The van der Waals surface area contributed by atoms with Gasteiger partial charge >= 0.3 is 6.03 Å². The van der Waals surface area contributed by atoms with Crippen molar-refractivity contribution in [3.05, 3.63) is 71.4 Å². The summed E-state index contributed by atoms with van der Waals surface area (Å²) in [4.78, 5) is 33.8. The van der Waals surface area contributed by atoms with Gasteiger partial charge in [-0.05, 0) is 68.0 Å². The number of urea groups is 1. The van der Waals surface area contributed by atoms with Crippen molar-refractivity contribution in [2.75, 3.05) is 40.3 Å². The van der Waals surface area contributed by atoms with Crippen molar-refractivity contribution < 1.29 is 9.59 Å². The van der Waals surface area contributed by atoms with Gasteiger partial charge < -0.3 is 25.4 Å². The molecule has 0 radical (unpaired) electrons. The fourth-order valence-electron chi connectivity index (χ4n) is 5.98. The van der Waals surface area contributed by atoms with Crippen LogP contribution in [0.5, 0.6) is 0 Å². The van der Waals surface area contributed by atoms with E-state index < -0.39 is 6.04 Å². The zero-order valence-electron chi connectivity index (χ0n) is 21.3. The van der Waals surface area contributed by atoms with Crippen LogP contribution < -0.4 is 10.6 Å². The minimum absolute atomic E-state index is 0.00386. The van der Waals surface area contributed by atoms with Crippen LogP contribution in [0.1, 0.15) is 36.0 Å². The third-order valence-corrected chi connectivity index (χ3v) is 8.04. The summed E-state index contributed by atoms with van der Waals surface area (Å²) in [5, 5.41) is 6.98. The topological polar surface area (TPSA) is 80.5 Å². The number of piperidine rings is 1. The lowest BCUT2D eigenvalue weighted by Crippen LogP contribution is -2.55. The van der Waals surface area contributed by atoms with Gasteiger partial charge in [-0.25, -0.2) is 4.79 Å². The van der Waals surface area contributed by atoms with Gasteiger partial charge in [0.25, 0.3) is 0 Å². The second-order valence-electron chi connectivity index (χ2n) is 10.6. The first-order chi connectivity index (χ1) is 17.4. The zero-order valence-corrected chi connectivity index (χ0v) is 21.3. The number of carbonyl (C=O) groups excluding carboxylic acids is 2. The molecule has 1 aliphatic carbocycles. The van der Waals surface area contributed by atoms with E-state index in [-0.39, 0.29) is 17.4 Å². The Balaban J connectivity index is 1.30. The maximum atomic E-state index is 13.8. The van der Waals surface area contributed by atoms with Gasteiger partial charge in [-0.15, -0.1) is 0 Å². The molecular weight excluding hydrogens is 450 g/mol. The van der Waals surface area contributed by atoms with Gasteiger partial charge in [0.2, 0.25) is 5.91 Å². The molecule has 7 heteroatoms. The van der Waals surface area contributed by atoms with Crippen LogP contribution in [-0.2, 0) is 23.1 Å². The van der Waals surface area contributed by atoms with Crippen LogP contribution in [0.4, 0.5) is 4.79 Å². The average molecular weight is 488 g/mol. The normalized spacial score (nSPS) is 17.4. The van der Waals surface area contributed by atoms with E-state index in [0.29, 0.717) is 13.0 Å². The van der Waals surface area contributed by atoms with Crippen molar-refractivity contribution in [2.24, 2.45) is 0 Å². The SMILES string of the molecule is CN(C)CCNC(=O)N[C@H](Cc1c[nH]c2ccccc12)C(=O)N1CCC2(CCc3ccccc32)CC1. The number of likely N-dealkylation sites (tertiary alicyclic amines) is 1. The monoisotopic (exact) mass is 487 g/mol. The number of benzene rings is 2. The molecule has 1 fully saturated rings. The predicted octanol–water partition coefficient (Wildman–Crippen LogP) is 3.45. The van der Waals surface area contributed by atoms with Crippen LogP contribution >= 0.6 is 0 Å². The summed E-state index contributed by atoms with van der Waals surface area (Å²) < 4.78 is 0. The smallest absolute Gasteiger partial charge is 0.315 e. The number of aryl methyl sites for hydroxylation is 1. The van der Waals surface area contributed by atoms with Crippen molar-refractivity contribution >= 4 is 22.8 Å². The first-order valence-electron chi connectivity index (χ1n) is 13.1. The molecule has 0 bridgehead atoms. The Hall–Kier alpha value is -3.32. The van der Waals surface area contributed by atoms with Crippen LogP contribution in [0.3, 0.4) is 0 Å². The number of H-pyrrole nitrogens is 1. The second kappa shape index (κ2) is 10.3. The summed E-state index contributed by atoms with van der Waals surface area (Å²) in [5.74, 6) is 0.00386. The molecule has 36 heavy (non-hydrogen) atoms. The maximum absolute atomic E-state index is 13.8. The fraction of sp³-hybridized carbons (Fsp3) is 0.448. The summed E-state index contributed by atoms with van der Waals surface area (Å²) in [7, 11) is 3.93. The number of hydrogen-bond donors (Lipinski definition) is 3. The Morgan fingerprint density at radius 1 is 1.06 bits per heavy atom. The zero-order chi connectivity index (χ0) is 25.1. The molecule has 5 rings (SSSR count). The molecular formula is C29H37N5O2. The number of fused-ring (bicyclic) bond motifs is 3. The van der Waals surface area contributed by atoms with E-state index in [1.807, 2.05) is 48.3 Å². The first kappa shape index (κ1) is 24.4. The lowest BCUT2D eigenvalue weighted by Gasteiger charge is -2.41. The number of hydrogen-bond acceptors (Lipinski definition) is 3. The number of carbonyl (C=O) groups is 2. The molecule has 2 heterocycles. The van der Waals surface area contributed by atoms with Crippen molar-refractivity contribution in [3.8, 4) is 0 Å². The molecule has 1 aliphatic heterocycles. The fourth-order valence-corrected chi connectivity index (χ4v) is 5.98. The quantitative estimate of drug-likeness (QED) is 0.478.